The van der Waals surface area contributed by atoms with Crippen LogP contribution in [0.15, 0.2) is 42.7 Å². The Morgan fingerprint density at radius 2 is 2.20 bits per heavy atom. The molecule has 1 amide bonds. The molecule has 2 N–H and O–H groups in total. The zero-order valence-corrected chi connectivity index (χ0v) is 17.8. The fourth-order valence-corrected chi connectivity index (χ4v) is 4.13. The van der Waals surface area contributed by atoms with E-state index in [1.54, 1.807) is 24.6 Å². The molecule has 4 rings (SSSR count). The van der Waals surface area contributed by atoms with Crippen LogP contribution in [-0.2, 0) is 9.53 Å². The average molecular weight is 425 g/mol. The number of nitrogens with zero attached hydrogens (tertiary/aromatic N) is 4. The summed E-state index contributed by atoms with van der Waals surface area (Å²) in [5.41, 5.74) is 2.00. The van der Waals surface area contributed by atoms with Gasteiger partial charge in [-0.3, -0.25) is 4.79 Å². The molecule has 1 aliphatic heterocycles. The molecule has 0 aromatic carbocycles. The van der Waals surface area contributed by atoms with E-state index in [0.29, 0.717) is 0 Å². The third kappa shape index (κ3) is 4.92. The second kappa shape index (κ2) is 9.19. The molecule has 156 valence electrons. The number of rotatable bonds is 7. The van der Waals surface area contributed by atoms with E-state index < -0.39 is 0 Å². The van der Waals surface area contributed by atoms with Crippen molar-refractivity contribution in [2.75, 3.05) is 37.0 Å². The van der Waals surface area contributed by atoms with E-state index >= 15 is 0 Å². The molecular formula is C21H24N6O2S. The minimum absolute atomic E-state index is 0.0436. The van der Waals surface area contributed by atoms with E-state index in [4.69, 9.17) is 9.72 Å². The molecule has 3 aromatic rings. The molecule has 1 aliphatic rings. The molecular weight excluding hydrogens is 400 g/mol. The lowest BCUT2D eigenvalue weighted by atomic mass is 10.3. The zero-order chi connectivity index (χ0) is 20.9. The van der Waals surface area contributed by atoms with E-state index in [9.17, 15) is 4.79 Å². The molecule has 8 nitrogen and oxygen atoms in total. The predicted molar refractivity (Wildman–Crippen MR) is 118 cm³/mol. The van der Waals surface area contributed by atoms with Crippen LogP contribution in [-0.4, -0.2) is 53.7 Å². The van der Waals surface area contributed by atoms with Gasteiger partial charge in [0.2, 0.25) is 5.91 Å². The minimum atomic E-state index is -0.106. The quantitative estimate of drug-likeness (QED) is 0.602. The first-order valence-corrected chi connectivity index (χ1v) is 10.6. The highest BCUT2D eigenvalue weighted by Gasteiger charge is 2.26. The number of carbonyl (C=O) groups excluding carboxylic acids is 1. The molecule has 0 spiro atoms. The van der Waals surface area contributed by atoms with Gasteiger partial charge in [-0.15, -0.1) is 0 Å². The highest BCUT2D eigenvalue weighted by Crippen LogP contribution is 2.32. The van der Waals surface area contributed by atoms with E-state index in [-0.39, 0.29) is 18.6 Å². The Morgan fingerprint density at radius 1 is 1.30 bits per heavy atom. The third-order valence-corrected chi connectivity index (χ3v) is 5.89. The molecule has 0 saturated carbocycles. The molecule has 0 radical (unpaired) electrons. The summed E-state index contributed by atoms with van der Waals surface area (Å²) in [5.74, 6) is 1.40. The number of thiazole rings is 1. The number of anilines is 3. The summed E-state index contributed by atoms with van der Waals surface area (Å²) in [4.78, 5) is 28.2. The van der Waals surface area contributed by atoms with E-state index in [2.05, 4.69) is 25.5 Å². The van der Waals surface area contributed by atoms with Crippen LogP contribution >= 0.6 is 11.3 Å². The number of pyridine rings is 2. The Hall–Kier alpha value is -3.04. The van der Waals surface area contributed by atoms with Gasteiger partial charge >= 0.3 is 0 Å². The fourth-order valence-electron chi connectivity index (χ4n) is 3.21. The van der Waals surface area contributed by atoms with E-state index in [0.717, 1.165) is 52.4 Å². The molecule has 1 fully saturated rings. The Kier molecular flexibility index (Phi) is 6.20. The maximum Gasteiger partial charge on any atom is 0.245 e. The maximum atomic E-state index is 11.4. The number of likely N-dealkylation sites (N-methyl/N-ethyl adjacent to an activating group) is 1. The van der Waals surface area contributed by atoms with Crippen molar-refractivity contribution in [2.45, 2.75) is 19.4 Å². The first kappa shape index (κ1) is 20.2. The largest absolute Gasteiger partial charge is 0.366 e. The van der Waals surface area contributed by atoms with Crippen LogP contribution < -0.4 is 15.5 Å². The van der Waals surface area contributed by atoms with Gasteiger partial charge in [0.1, 0.15) is 18.2 Å². The molecule has 0 aliphatic carbocycles. The lowest BCUT2D eigenvalue weighted by Crippen LogP contribution is -2.28. The number of hydrogen-bond acceptors (Lipinski definition) is 8. The third-order valence-electron chi connectivity index (χ3n) is 4.81. The van der Waals surface area contributed by atoms with Crippen molar-refractivity contribution in [3.63, 3.8) is 0 Å². The summed E-state index contributed by atoms with van der Waals surface area (Å²) in [7, 11) is 1.61. The molecule has 0 bridgehead atoms. The van der Waals surface area contributed by atoms with Crippen molar-refractivity contribution in [1.29, 1.82) is 0 Å². The van der Waals surface area contributed by atoms with Gasteiger partial charge in [0.25, 0.3) is 0 Å². The molecule has 3 aromatic heterocycles. The highest BCUT2D eigenvalue weighted by molar-refractivity contribution is 7.18. The van der Waals surface area contributed by atoms with Crippen molar-refractivity contribution in [2.24, 2.45) is 0 Å². The summed E-state index contributed by atoms with van der Waals surface area (Å²) in [6.07, 6.45) is 4.56. The smallest absolute Gasteiger partial charge is 0.245 e. The predicted octanol–water partition coefficient (Wildman–Crippen LogP) is 2.99. The van der Waals surface area contributed by atoms with Gasteiger partial charge in [-0.1, -0.05) is 17.4 Å². The molecule has 9 heteroatoms. The fraction of sp³-hybridized carbons (Fsp3) is 0.333. The molecule has 4 heterocycles. The van der Waals surface area contributed by atoms with E-state index in [1.807, 2.05) is 43.5 Å². The zero-order valence-electron chi connectivity index (χ0n) is 17.0. The molecule has 30 heavy (non-hydrogen) atoms. The van der Waals surface area contributed by atoms with Gasteiger partial charge < -0.3 is 20.3 Å². The Labute approximate surface area is 179 Å². The van der Waals surface area contributed by atoms with Gasteiger partial charge in [0.15, 0.2) is 5.13 Å². The standard InChI is InChI=1S/C21H24N6O2S/c1-14-6-8-23-19(10-14)26-18-5-3-4-16(25-18)17-11-24-21(30-17)27-9-7-15(12-27)29-13-20(28)22-2/h3-6,8,10-11,15H,7,9,12-13H2,1-2H3,(H,22,28)(H,23,25,26)/t15-/m1/s1. The summed E-state index contributed by atoms with van der Waals surface area (Å²) < 4.78 is 5.68. The van der Waals surface area contributed by atoms with Crippen molar-refractivity contribution in [1.82, 2.24) is 20.3 Å². The number of nitrogens with one attached hydrogen (secondary N) is 2. The molecule has 1 saturated heterocycles. The topological polar surface area (TPSA) is 92.3 Å². The van der Waals surface area contributed by atoms with Crippen LogP contribution in [0.25, 0.3) is 10.6 Å². The Bertz CT molecular complexity index is 1020. The van der Waals surface area contributed by atoms with Gasteiger partial charge in [0, 0.05) is 32.5 Å². The van der Waals surface area contributed by atoms with Gasteiger partial charge in [-0.05, 0) is 43.2 Å². The summed E-state index contributed by atoms with van der Waals surface area (Å²) in [5, 5.41) is 6.77. The molecule has 0 unspecified atom stereocenters. The second-order valence-corrected chi connectivity index (χ2v) is 8.11. The number of carbonyl (C=O) groups is 1. The van der Waals surface area contributed by atoms with Crippen LogP contribution in [0.4, 0.5) is 16.8 Å². The van der Waals surface area contributed by atoms with Gasteiger partial charge in [-0.25, -0.2) is 15.0 Å². The van der Waals surface area contributed by atoms with Crippen LogP contribution in [0.3, 0.4) is 0 Å². The van der Waals surface area contributed by atoms with Crippen molar-refractivity contribution < 1.29 is 9.53 Å². The SMILES string of the molecule is CNC(=O)CO[C@@H]1CCN(c2ncc(-c3cccc(Nc4cc(C)ccn4)n3)s2)C1. The van der Waals surface area contributed by atoms with Gasteiger partial charge in [0.05, 0.1) is 16.7 Å². The van der Waals surface area contributed by atoms with Crippen LogP contribution in [0, 0.1) is 6.92 Å². The van der Waals surface area contributed by atoms with Crippen molar-refractivity contribution in [3.05, 3.63) is 48.3 Å². The first-order chi connectivity index (χ1) is 14.6. The van der Waals surface area contributed by atoms with Crippen LogP contribution in [0.5, 0.6) is 0 Å². The first-order valence-electron chi connectivity index (χ1n) is 9.81. The number of aryl methyl sites for hydroxylation is 1. The Balaban J connectivity index is 1.41. The van der Waals surface area contributed by atoms with Crippen molar-refractivity contribution >= 4 is 34.0 Å². The number of ether oxygens (including phenoxy) is 1. The highest BCUT2D eigenvalue weighted by atomic mass is 32.1. The summed E-state index contributed by atoms with van der Waals surface area (Å²) in [6, 6.07) is 9.81. The number of aromatic nitrogens is 3. The lowest BCUT2D eigenvalue weighted by molar-refractivity contribution is -0.126. The lowest BCUT2D eigenvalue weighted by Gasteiger charge is -2.15. The van der Waals surface area contributed by atoms with Gasteiger partial charge in [-0.2, -0.15) is 0 Å². The summed E-state index contributed by atoms with van der Waals surface area (Å²) >= 11 is 1.61. The molecule has 1 atom stereocenters. The van der Waals surface area contributed by atoms with Crippen LogP contribution in [0.2, 0.25) is 0 Å². The Morgan fingerprint density at radius 3 is 3.03 bits per heavy atom. The maximum absolute atomic E-state index is 11.4. The number of amides is 1. The normalized spacial score (nSPS) is 15.9. The van der Waals surface area contributed by atoms with Crippen LogP contribution in [0.1, 0.15) is 12.0 Å². The van der Waals surface area contributed by atoms with E-state index in [1.165, 1.54) is 0 Å². The monoisotopic (exact) mass is 424 g/mol. The van der Waals surface area contributed by atoms with Crippen molar-refractivity contribution in [3.8, 4) is 10.6 Å². The second-order valence-electron chi connectivity index (χ2n) is 7.10. The minimum Gasteiger partial charge on any atom is -0.366 e. The summed E-state index contributed by atoms with van der Waals surface area (Å²) in [6.45, 7) is 3.72. The number of hydrogen-bond donors (Lipinski definition) is 2. The average Bonchev–Trinajstić information content (AvgIpc) is 3.42.